The molecular weight excluding hydrogens is 227 g/mol. The van der Waals surface area contributed by atoms with Crippen molar-refractivity contribution >= 4 is 17.5 Å². The standard InChI is InChI=1S/C12H17FO4/c1-17-11(16)5-3-2-4-9(14)8-10(15)12(13)6-7-12/h2-8H2,1H3. The average molecular weight is 244 g/mol. The molecule has 0 heterocycles. The van der Waals surface area contributed by atoms with Crippen LogP contribution in [0.1, 0.15) is 44.9 Å². The van der Waals surface area contributed by atoms with E-state index in [0.29, 0.717) is 12.8 Å². The maximum Gasteiger partial charge on any atom is 0.305 e. The summed E-state index contributed by atoms with van der Waals surface area (Å²) in [5, 5.41) is 0. The molecule has 0 bridgehead atoms. The van der Waals surface area contributed by atoms with E-state index in [-0.39, 0.29) is 43.9 Å². The molecular formula is C12H17FO4. The Morgan fingerprint density at radius 3 is 2.29 bits per heavy atom. The third-order valence-corrected chi connectivity index (χ3v) is 2.86. The van der Waals surface area contributed by atoms with Gasteiger partial charge in [-0.1, -0.05) is 0 Å². The van der Waals surface area contributed by atoms with Gasteiger partial charge in [-0.05, 0) is 25.7 Å². The first-order valence-corrected chi connectivity index (χ1v) is 5.79. The molecule has 0 N–H and O–H groups in total. The number of ketones is 2. The molecule has 0 unspecified atom stereocenters. The van der Waals surface area contributed by atoms with Crippen LogP contribution < -0.4 is 0 Å². The number of hydrogen-bond donors (Lipinski definition) is 0. The van der Waals surface area contributed by atoms with E-state index in [2.05, 4.69) is 4.74 Å². The zero-order valence-corrected chi connectivity index (χ0v) is 9.96. The minimum absolute atomic E-state index is 0.221. The number of rotatable bonds is 8. The number of unbranched alkanes of at least 4 members (excludes halogenated alkanes) is 1. The number of carbonyl (C=O) groups excluding carboxylic acids is 3. The lowest BCUT2D eigenvalue weighted by Crippen LogP contribution is -2.20. The smallest absolute Gasteiger partial charge is 0.305 e. The molecule has 5 heteroatoms. The topological polar surface area (TPSA) is 60.4 Å². The molecule has 1 rings (SSSR count). The van der Waals surface area contributed by atoms with Crippen molar-refractivity contribution in [2.45, 2.75) is 50.6 Å². The van der Waals surface area contributed by atoms with Crippen LogP contribution >= 0.6 is 0 Å². The third kappa shape index (κ3) is 4.63. The van der Waals surface area contributed by atoms with Crippen LogP contribution in [0.5, 0.6) is 0 Å². The quantitative estimate of drug-likeness (QED) is 0.371. The first-order valence-electron chi connectivity index (χ1n) is 5.79. The summed E-state index contributed by atoms with van der Waals surface area (Å²) >= 11 is 0. The minimum Gasteiger partial charge on any atom is -0.469 e. The van der Waals surface area contributed by atoms with Crippen molar-refractivity contribution in [3.63, 3.8) is 0 Å². The molecule has 4 nitrogen and oxygen atoms in total. The Morgan fingerprint density at radius 2 is 1.76 bits per heavy atom. The van der Waals surface area contributed by atoms with Gasteiger partial charge in [0.25, 0.3) is 0 Å². The summed E-state index contributed by atoms with van der Waals surface area (Å²) in [6, 6.07) is 0. The molecule has 1 saturated carbocycles. The van der Waals surface area contributed by atoms with Crippen LogP contribution in [0.2, 0.25) is 0 Å². The molecule has 17 heavy (non-hydrogen) atoms. The molecule has 0 amide bonds. The van der Waals surface area contributed by atoms with Gasteiger partial charge in [-0.2, -0.15) is 0 Å². The number of methoxy groups -OCH3 is 1. The monoisotopic (exact) mass is 244 g/mol. The second-order valence-corrected chi connectivity index (χ2v) is 4.39. The first kappa shape index (κ1) is 13.8. The molecule has 0 aromatic rings. The largest absolute Gasteiger partial charge is 0.469 e. The van der Waals surface area contributed by atoms with Gasteiger partial charge in [-0.3, -0.25) is 14.4 Å². The van der Waals surface area contributed by atoms with E-state index in [1.807, 2.05) is 0 Å². The Morgan fingerprint density at radius 1 is 1.18 bits per heavy atom. The van der Waals surface area contributed by atoms with Gasteiger partial charge in [0.15, 0.2) is 11.5 Å². The maximum absolute atomic E-state index is 13.2. The molecule has 0 saturated heterocycles. The first-order chi connectivity index (χ1) is 7.98. The van der Waals surface area contributed by atoms with E-state index in [1.54, 1.807) is 0 Å². The van der Waals surface area contributed by atoms with Crippen molar-refractivity contribution in [1.29, 1.82) is 0 Å². The van der Waals surface area contributed by atoms with Crippen LogP contribution in [-0.2, 0) is 19.1 Å². The second kappa shape index (κ2) is 5.89. The Balaban J connectivity index is 2.09. The zero-order chi connectivity index (χ0) is 12.9. The summed E-state index contributed by atoms with van der Waals surface area (Å²) in [6.07, 6.45) is 1.76. The molecule has 0 radical (unpaired) electrons. The number of carbonyl (C=O) groups is 3. The fourth-order valence-electron chi connectivity index (χ4n) is 1.51. The Hall–Kier alpha value is -1.26. The van der Waals surface area contributed by atoms with E-state index in [1.165, 1.54) is 7.11 Å². The SMILES string of the molecule is COC(=O)CCCCC(=O)CC(=O)C1(F)CC1. The van der Waals surface area contributed by atoms with E-state index in [9.17, 15) is 18.8 Å². The predicted molar refractivity (Wildman–Crippen MR) is 58.2 cm³/mol. The molecule has 1 fully saturated rings. The number of ether oxygens (including phenoxy) is 1. The van der Waals surface area contributed by atoms with Gasteiger partial charge in [0.05, 0.1) is 13.5 Å². The van der Waals surface area contributed by atoms with Gasteiger partial charge < -0.3 is 4.74 Å². The van der Waals surface area contributed by atoms with Crippen molar-refractivity contribution in [1.82, 2.24) is 0 Å². The van der Waals surface area contributed by atoms with Gasteiger partial charge in [0.1, 0.15) is 5.78 Å². The van der Waals surface area contributed by atoms with Gasteiger partial charge in [-0.15, -0.1) is 0 Å². The number of Topliss-reactive ketones (excluding diaryl/α,β-unsaturated/α-hetero) is 2. The third-order valence-electron chi connectivity index (χ3n) is 2.86. The van der Waals surface area contributed by atoms with E-state index >= 15 is 0 Å². The second-order valence-electron chi connectivity index (χ2n) is 4.39. The highest BCUT2D eigenvalue weighted by Crippen LogP contribution is 2.41. The molecule has 0 atom stereocenters. The van der Waals surface area contributed by atoms with Gasteiger partial charge >= 0.3 is 5.97 Å². The van der Waals surface area contributed by atoms with Crippen molar-refractivity contribution in [3.05, 3.63) is 0 Å². The molecule has 0 aliphatic heterocycles. The summed E-state index contributed by atoms with van der Waals surface area (Å²) in [7, 11) is 1.31. The van der Waals surface area contributed by atoms with Crippen LogP contribution in [0.3, 0.4) is 0 Å². The zero-order valence-electron chi connectivity index (χ0n) is 9.96. The number of alkyl halides is 1. The predicted octanol–water partition coefficient (Wildman–Crippen LogP) is 1.75. The van der Waals surface area contributed by atoms with E-state index < -0.39 is 11.5 Å². The van der Waals surface area contributed by atoms with Gasteiger partial charge in [-0.25, -0.2) is 4.39 Å². The highest BCUT2D eigenvalue weighted by molar-refractivity contribution is 6.04. The van der Waals surface area contributed by atoms with Crippen molar-refractivity contribution in [2.24, 2.45) is 0 Å². The van der Waals surface area contributed by atoms with E-state index in [0.717, 1.165) is 0 Å². The highest BCUT2D eigenvalue weighted by Gasteiger charge is 2.50. The van der Waals surface area contributed by atoms with Crippen molar-refractivity contribution in [2.75, 3.05) is 7.11 Å². The molecule has 1 aliphatic carbocycles. The van der Waals surface area contributed by atoms with Gasteiger partial charge in [0.2, 0.25) is 0 Å². The number of esters is 1. The average Bonchev–Trinajstić information content (AvgIpc) is 3.03. The van der Waals surface area contributed by atoms with Gasteiger partial charge in [0, 0.05) is 12.8 Å². The fraction of sp³-hybridized carbons (Fsp3) is 0.750. The molecule has 0 aromatic heterocycles. The molecule has 0 spiro atoms. The van der Waals surface area contributed by atoms with Crippen LogP contribution in [0, 0.1) is 0 Å². The Bertz CT molecular complexity index is 320. The van der Waals surface area contributed by atoms with Crippen LogP contribution in [-0.4, -0.2) is 30.3 Å². The lowest BCUT2D eigenvalue weighted by atomic mass is 10.0. The van der Waals surface area contributed by atoms with Crippen LogP contribution in [0.4, 0.5) is 4.39 Å². The summed E-state index contributed by atoms with van der Waals surface area (Å²) < 4.78 is 17.7. The highest BCUT2D eigenvalue weighted by atomic mass is 19.1. The molecule has 0 aromatic carbocycles. The van der Waals surface area contributed by atoms with Crippen LogP contribution in [0.15, 0.2) is 0 Å². The number of hydrogen-bond acceptors (Lipinski definition) is 4. The lowest BCUT2D eigenvalue weighted by Gasteiger charge is -2.03. The van der Waals surface area contributed by atoms with Crippen LogP contribution in [0.25, 0.3) is 0 Å². The summed E-state index contributed by atoms with van der Waals surface area (Å²) in [5.74, 6) is -1.14. The lowest BCUT2D eigenvalue weighted by molar-refractivity contribution is -0.141. The number of halogens is 1. The van der Waals surface area contributed by atoms with Crippen molar-refractivity contribution in [3.8, 4) is 0 Å². The Kier molecular flexibility index (Phi) is 4.78. The minimum atomic E-state index is -1.71. The normalized spacial score (nSPS) is 16.4. The summed E-state index contributed by atoms with van der Waals surface area (Å²) in [6.45, 7) is 0. The van der Waals surface area contributed by atoms with Crippen molar-refractivity contribution < 1.29 is 23.5 Å². The fourth-order valence-corrected chi connectivity index (χ4v) is 1.51. The Labute approximate surface area is 99.5 Å². The maximum atomic E-state index is 13.2. The molecule has 96 valence electrons. The van der Waals surface area contributed by atoms with E-state index in [4.69, 9.17) is 0 Å². The molecule has 1 aliphatic rings. The summed E-state index contributed by atoms with van der Waals surface area (Å²) in [4.78, 5) is 33.4. The summed E-state index contributed by atoms with van der Waals surface area (Å²) in [5.41, 5.74) is -1.71.